The van der Waals surface area contributed by atoms with Gasteiger partial charge in [-0.2, -0.15) is 0 Å². The van der Waals surface area contributed by atoms with Crippen molar-refractivity contribution >= 4 is 5.97 Å². The molecule has 1 saturated heterocycles. The number of benzene rings is 1. The molecule has 1 N–H and O–H groups in total. The molecule has 1 aromatic carbocycles. The van der Waals surface area contributed by atoms with Gasteiger partial charge in [0.25, 0.3) is 0 Å². The lowest BCUT2D eigenvalue weighted by molar-refractivity contribution is -0.139. The van der Waals surface area contributed by atoms with Crippen molar-refractivity contribution in [3.63, 3.8) is 0 Å². The number of esters is 1. The van der Waals surface area contributed by atoms with Crippen molar-refractivity contribution in [2.45, 2.75) is 12.8 Å². The van der Waals surface area contributed by atoms with E-state index in [2.05, 4.69) is 15.3 Å². The number of carbonyl (C=O) groups excluding carboxylic acids is 1. The largest absolute Gasteiger partial charge is 0.496 e. The van der Waals surface area contributed by atoms with Crippen LogP contribution in [0.25, 0.3) is 11.3 Å². The van der Waals surface area contributed by atoms with Gasteiger partial charge in [0.05, 0.1) is 18.7 Å². The van der Waals surface area contributed by atoms with E-state index in [0.717, 1.165) is 24.9 Å². The minimum absolute atomic E-state index is 0.117. The van der Waals surface area contributed by atoms with E-state index in [-0.39, 0.29) is 17.8 Å². The normalized spacial score (nSPS) is 17.5. The summed E-state index contributed by atoms with van der Waals surface area (Å²) in [6.07, 6.45) is 3.22. The molecule has 0 spiro atoms. The molecule has 1 fully saturated rings. The summed E-state index contributed by atoms with van der Waals surface area (Å²) in [7, 11) is 1.61. The number of rotatable bonds is 4. The van der Waals surface area contributed by atoms with Crippen LogP contribution in [-0.2, 0) is 4.79 Å². The van der Waals surface area contributed by atoms with Crippen LogP contribution in [0.4, 0.5) is 0 Å². The van der Waals surface area contributed by atoms with Gasteiger partial charge in [0.2, 0.25) is 5.88 Å². The average molecular weight is 313 g/mol. The summed E-state index contributed by atoms with van der Waals surface area (Å²) in [6, 6.07) is 9.21. The smallest absolute Gasteiger partial charge is 0.316 e. The SMILES string of the molecule is COc1ccccc1-c1cc(OC(=O)[C@@H]2CCCNC2)ncn1. The van der Waals surface area contributed by atoms with E-state index in [4.69, 9.17) is 9.47 Å². The molecule has 0 bridgehead atoms. The van der Waals surface area contributed by atoms with Gasteiger partial charge in [-0.3, -0.25) is 4.79 Å². The molecule has 0 aliphatic carbocycles. The Balaban J connectivity index is 1.78. The Bertz CT molecular complexity index is 684. The maximum Gasteiger partial charge on any atom is 0.316 e. The molecule has 3 rings (SSSR count). The third-order valence-corrected chi connectivity index (χ3v) is 3.86. The summed E-state index contributed by atoms with van der Waals surface area (Å²) in [5.74, 6) is 0.603. The summed E-state index contributed by atoms with van der Waals surface area (Å²) < 4.78 is 10.8. The Labute approximate surface area is 134 Å². The number of aromatic nitrogens is 2. The van der Waals surface area contributed by atoms with Crippen molar-refractivity contribution in [2.75, 3.05) is 20.2 Å². The molecule has 1 aromatic heterocycles. The van der Waals surface area contributed by atoms with E-state index in [0.29, 0.717) is 18.0 Å². The molecule has 1 atom stereocenters. The fourth-order valence-electron chi connectivity index (χ4n) is 2.64. The predicted molar refractivity (Wildman–Crippen MR) is 85.2 cm³/mol. The van der Waals surface area contributed by atoms with Crippen LogP contribution in [-0.4, -0.2) is 36.1 Å². The molecule has 1 aliphatic rings. The van der Waals surface area contributed by atoms with E-state index < -0.39 is 0 Å². The zero-order valence-corrected chi connectivity index (χ0v) is 13.0. The molecule has 6 nitrogen and oxygen atoms in total. The Morgan fingerprint density at radius 2 is 2.17 bits per heavy atom. The molecule has 120 valence electrons. The number of nitrogens with one attached hydrogen (secondary N) is 1. The van der Waals surface area contributed by atoms with E-state index in [1.165, 1.54) is 6.33 Å². The van der Waals surface area contributed by atoms with Gasteiger partial charge in [-0.05, 0) is 31.5 Å². The monoisotopic (exact) mass is 313 g/mol. The van der Waals surface area contributed by atoms with Gasteiger partial charge < -0.3 is 14.8 Å². The van der Waals surface area contributed by atoms with Crippen LogP contribution in [0.3, 0.4) is 0 Å². The van der Waals surface area contributed by atoms with Crippen molar-refractivity contribution in [3.8, 4) is 22.9 Å². The Kier molecular flexibility index (Phi) is 4.83. The maximum absolute atomic E-state index is 12.2. The lowest BCUT2D eigenvalue weighted by atomic mass is 10.0. The molecular weight excluding hydrogens is 294 g/mol. The van der Waals surface area contributed by atoms with E-state index >= 15 is 0 Å². The van der Waals surface area contributed by atoms with E-state index in [1.807, 2.05) is 24.3 Å². The first-order valence-corrected chi connectivity index (χ1v) is 7.66. The lowest BCUT2D eigenvalue weighted by Crippen LogP contribution is -2.36. The van der Waals surface area contributed by atoms with Crippen LogP contribution in [0, 0.1) is 5.92 Å². The number of ether oxygens (including phenoxy) is 2. The second kappa shape index (κ2) is 7.19. The summed E-state index contributed by atoms with van der Waals surface area (Å²) >= 11 is 0. The summed E-state index contributed by atoms with van der Waals surface area (Å²) in [5.41, 5.74) is 1.48. The van der Waals surface area contributed by atoms with Crippen LogP contribution >= 0.6 is 0 Å². The highest BCUT2D eigenvalue weighted by atomic mass is 16.5. The van der Waals surface area contributed by atoms with Crippen molar-refractivity contribution in [1.29, 1.82) is 0 Å². The first-order chi connectivity index (χ1) is 11.3. The second-order valence-corrected chi connectivity index (χ2v) is 5.41. The van der Waals surface area contributed by atoms with Gasteiger partial charge in [0, 0.05) is 18.2 Å². The average Bonchev–Trinajstić information content (AvgIpc) is 2.62. The van der Waals surface area contributed by atoms with Crippen molar-refractivity contribution < 1.29 is 14.3 Å². The molecule has 1 aliphatic heterocycles. The van der Waals surface area contributed by atoms with Gasteiger partial charge in [-0.15, -0.1) is 0 Å². The quantitative estimate of drug-likeness (QED) is 0.871. The number of hydrogen-bond donors (Lipinski definition) is 1. The third-order valence-electron chi connectivity index (χ3n) is 3.86. The standard InChI is InChI=1S/C17H19N3O3/c1-22-15-7-3-2-6-13(15)14-9-16(20-11-19-14)23-17(21)12-5-4-8-18-10-12/h2-3,6-7,9,11-12,18H,4-5,8,10H2,1H3/t12-/m1/s1. The van der Waals surface area contributed by atoms with Gasteiger partial charge in [-0.1, -0.05) is 12.1 Å². The highest BCUT2D eigenvalue weighted by Crippen LogP contribution is 2.29. The fraction of sp³-hybridized carbons (Fsp3) is 0.353. The fourth-order valence-corrected chi connectivity index (χ4v) is 2.64. The second-order valence-electron chi connectivity index (χ2n) is 5.41. The molecule has 2 heterocycles. The molecule has 23 heavy (non-hydrogen) atoms. The number of methoxy groups -OCH3 is 1. The van der Waals surface area contributed by atoms with Crippen molar-refractivity contribution in [2.24, 2.45) is 5.92 Å². The lowest BCUT2D eigenvalue weighted by Gasteiger charge is -2.20. The zero-order valence-electron chi connectivity index (χ0n) is 13.0. The Hall–Kier alpha value is -2.47. The predicted octanol–water partition coefficient (Wildman–Crippen LogP) is 2.06. The maximum atomic E-state index is 12.2. The highest BCUT2D eigenvalue weighted by Gasteiger charge is 2.23. The summed E-state index contributed by atoms with van der Waals surface area (Å²) in [6.45, 7) is 1.61. The molecular formula is C17H19N3O3. The summed E-state index contributed by atoms with van der Waals surface area (Å²) in [4.78, 5) is 20.5. The van der Waals surface area contributed by atoms with Crippen LogP contribution in [0.5, 0.6) is 11.6 Å². The molecule has 0 radical (unpaired) electrons. The van der Waals surface area contributed by atoms with Crippen LogP contribution in [0.2, 0.25) is 0 Å². The van der Waals surface area contributed by atoms with Crippen LogP contribution in [0.1, 0.15) is 12.8 Å². The Morgan fingerprint density at radius 1 is 1.30 bits per heavy atom. The minimum Gasteiger partial charge on any atom is -0.496 e. The van der Waals surface area contributed by atoms with E-state index in [1.54, 1.807) is 13.2 Å². The van der Waals surface area contributed by atoms with E-state index in [9.17, 15) is 4.79 Å². The number of carbonyl (C=O) groups is 1. The number of nitrogens with zero attached hydrogens (tertiary/aromatic N) is 2. The van der Waals surface area contributed by atoms with Gasteiger partial charge >= 0.3 is 5.97 Å². The van der Waals surface area contributed by atoms with Crippen molar-refractivity contribution in [3.05, 3.63) is 36.7 Å². The number of hydrogen-bond acceptors (Lipinski definition) is 6. The van der Waals surface area contributed by atoms with Crippen LogP contribution in [0.15, 0.2) is 36.7 Å². The topological polar surface area (TPSA) is 73.3 Å². The highest BCUT2D eigenvalue weighted by molar-refractivity contribution is 5.76. The Morgan fingerprint density at radius 3 is 2.96 bits per heavy atom. The molecule has 6 heteroatoms. The third kappa shape index (κ3) is 3.65. The number of piperidine rings is 1. The molecule has 0 amide bonds. The summed E-state index contributed by atoms with van der Waals surface area (Å²) in [5, 5.41) is 3.20. The zero-order chi connectivity index (χ0) is 16.1. The molecule has 0 saturated carbocycles. The van der Waals surface area contributed by atoms with Gasteiger partial charge in [0.15, 0.2) is 0 Å². The van der Waals surface area contributed by atoms with Gasteiger partial charge in [0.1, 0.15) is 12.1 Å². The number of para-hydroxylation sites is 1. The first-order valence-electron chi connectivity index (χ1n) is 7.66. The van der Waals surface area contributed by atoms with Gasteiger partial charge in [-0.25, -0.2) is 9.97 Å². The van der Waals surface area contributed by atoms with Crippen LogP contribution < -0.4 is 14.8 Å². The first kappa shape index (κ1) is 15.4. The molecule has 0 unspecified atom stereocenters. The molecule has 2 aromatic rings. The minimum atomic E-state index is -0.248. The van der Waals surface area contributed by atoms with Crippen molar-refractivity contribution in [1.82, 2.24) is 15.3 Å².